The first-order valence-corrected chi connectivity index (χ1v) is 2.47. The molecule has 1 unspecified atom stereocenters. The van der Waals surface area contributed by atoms with Gasteiger partial charge in [-0.15, -0.1) is 0 Å². The molecule has 0 aromatic rings. The lowest BCUT2D eigenvalue weighted by atomic mass is 10.4. The molecule has 0 bridgehead atoms. The molecule has 2 N–H and O–H groups in total. The lowest BCUT2D eigenvalue weighted by molar-refractivity contribution is -0.0263. The first-order valence-electron chi connectivity index (χ1n) is 2.47. The number of rotatable bonds is 0. The molecule has 1 aliphatic rings. The van der Waals surface area contributed by atoms with Crippen LogP contribution >= 0.6 is 0 Å². The highest BCUT2D eigenvalue weighted by Gasteiger charge is 2.22. The fraction of sp³-hybridized carbons (Fsp3) is 0.750. The van der Waals surface area contributed by atoms with E-state index >= 15 is 0 Å². The summed E-state index contributed by atoms with van der Waals surface area (Å²) in [5.74, 6) is 0. The van der Waals surface area contributed by atoms with Crippen LogP contribution in [-0.4, -0.2) is 28.9 Å². The van der Waals surface area contributed by atoms with E-state index in [9.17, 15) is 4.79 Å². The van der Waals surface area contributed by atoms with E-state index in [0.717, 1.165) is 0 Å². The Balaban J connectivity index is 2.51. The van der Waals surface area contributed by atoms with Crippen molar-refractivity contribution in [3.63, 3.8) is 0 Å². The summed E-state index contributed by atoms with van der Waals surface area (Å²) in [4.78, 5) is 10.3. The molecule has 1 heterocycles. The van der Waals surface area contributed by atoms with Crippen molar-refractivity contribution >= 4 is 6.03 Å². The van der Waals surface area contributed by atoms with Gasteiger partial charge in [-0.05, 0) is 6.92 Å². The molecule has 2 amide bonds. The first-order chi connectivity index (χ1) is 3.70. The minimum absolute atomic E-state index is 0.0764. The van der Waals surface area contributed by atoms with E-state index < -0.39 is 6.03 Å². The second-order valence-electron chi connectivity index (χ2n) is 1.93. The zero-order valence-corrected chi connectivity index (χ0v) is 4.59. The third-order valence-corrected chi connectivity index (χ3v) is 1.05. The second kappa shape index (κ2) is 1.63. The van der Waals surface area contributed by atoms with E-state index in [4.69, 9.17) is 5.21 Å². The normalized spacial score (nSPS) is 28.5. The third-order valence-electron chi connectivity index (χ3n) is 1.05. The number of hydrogen-bond acceptors (Lipinski definition) is 2. The van der Waals surface area contributed by atoms with Crippen LogP contribution in [0.15, 0.2) is 0 Å². The minimum Gasteiger partial charge on any atom is -0.332 e. The van der Waals surface area contributed by atoms with Crippen LogP contribution in [0.1, 0.15) is 6.92 Å². The molecule has 0 spiro atoms. The van der Waals surface area contributed by atoms with Crippen molar-refractivity contribution in [2.24, 2.45) is 0 Å². The number of nitrogens with one attached hydrogen (secondary N) is 1. The highest BCUT2D eigenvalue weighted by molar-refractivity contribution is 5.75. The molecule has 1 saturated heterocycles. The van der Waals surface area contributed by atoms with Gasteiger partial charge in [-0.3, -0.25) is 5.21 Å². The van der Waals surface area contributed by atoms with Gasteiger partial charge in [0, 0.05) is 6.04 Å². The van der Waals surface area contributed by atoms with Gasteiger partial charge >= 0.3 is 6.03 Å². The molecule has 0 saturated carbocycles. The zero-order valence-electron chi connectivity index (χ0n) is 4.59. The summed E-state index contributed by atoms with van der Waals surface area (Å²) in [5, 5.41) is 11.8. The molecule has 0 radical (unpaired) electrons. The number of amides is 2. The zero-order chi connectivity index (χ0) is 6.15. The number of nitrogens with zero attached hydrogens (tertiary/aromatic N) is 1. The summed E-state index contributed by atoms with van der Waals surface area (Å²) in [6.45, 7) is 2.22. The largest absolute Gasteiger partial charge is 0.341 e. The topological polar surface area (TPSA) is 52.6 Å². The number of carbonyl (C=O) groups is 1. The van der Waals surface area contributed by atoms with Gasteiger partial charge in [-0.2, -0.15) is 0 Å². The summed E-state index contributed by atoms with van der Waals surface area (Å²) in [6.07, 6.45) is 0. The second-order valence-corrected chi connectivity index (χ2v) is 1.93. The van der Waals surface area contributed by atoms with E-state index in [1.807, 2.05) is 6.92 Å². The van der Waals surface area contributed by atoms with Gasteiger partial charge in [-0.25, -0.2) is 9.86 Å². The van der Waals surface area contributed by atoms with E-state index in [2.05, 4.69) is 5.32 Å². The van der Waals surface area contributed by atoms with E-state index in [1.54, 1.807) is 0 Å². The highest BCUT2D eigenvalue weighted by atomic mass is 16.5. The summed E-state index contributed by atoms with van der Waals surface area (Å²) in [5.41, 5.74) is 0. The molecule has 4 heteroatoms. The Hall–Kier alpha value is -0.770. The maximum absolute atomic E-state index is 10.3. The molecule has 0 aromatic heterocycles. The van der Waals surface area contributed by atoms with Gasteiger partial charge in [0.2, 0.25) is 0 Å². The molecule has 1 aliphatic heterocycles. The molecule has 46 valence electrons. The van der Waals surface area contributed by atoms with Gasteiger partial charge in [-0.1, -0.05) is 0 Å². The fourth-order valence-corrected chi connectivity index (χ4v) is 0.673. The van der Waals surface area contributed by atoms with Gasteiger partial charge in [0.25, 0.3) is 0 Å². The standard InChI is InChI=1S/C4H8N2O2/c1-3-2-6(8)4(7)5-3/h3,8H,2H2,1H3,(H,5,7). The monoisotopic (exact) mass is 116 g/mol. The Morgan fingerprint density at radius 1 is 2.00 bits per heavy atom. The third kappa shape index (κ3) is 0.742. The lowest BCUT2D eigenvalue weighted by Crippen LogP contribution is -2.25. The van der Waals surface area contributed by atoms with Crippen molar-refractivity contribution < 1.29 is 10.0 Å². The molecular weight excluding hydrogens is 108 g/mol. The maximum Gasteiger partial charge on any atom is 0.341 e. The van der Waals surface area contributed by atoms with Gasteiger partial charge in [0.1, 0.15) is 0 Å². The Morgan fingerprint density at radius 3 is 2.75 bits per heavy atom. The van der Waals surface area contributed by atoms with Crippen molar-refractivity contribution in [1.29, 1.82) is 0 Å². The van der Waals surface area contributed by atoms with Crippen molar-refractivity contribution in [3.05, 3.63) is 0 Å². The van der Waals surface area contributed by atoms with Crippen LogP contribution in [-0.2, 0) is 0 Å². The Bertz CT molecular complexity index is 115. The maximum atomic E-state index is 10.3. The average Bonchev–Trinajstić information content (AvgIpc) is 1.85. The summed E-state index contributed by atoms with van der Waals surface area (Å²) in [7, 11) is 0. The van der Waals surface area contributed by atoms with E-state index in [1.165, 1.54) is 0 Å². The summed E-state index contributed by atoms with van der Waals surface area (Å²) < 4.78 is 0. The number of urea groups is 1. The average molecular weight is 116 g/mol. The number of carbonyl (C=O) groups excluding carboxylic acids is 1. The predicted octanol–water partition coefficient (Wildman–Crippen LogP) is -0.211. The van der Waals surface area contributed by atoms with E-state index in [0.29, 0.717) is 11.6 Å². The molecular formula is C4H8N2O2. The van der Waals surface area contributed by atoms with Gasteiger partial charge in [0.15, 0.2) is 0 Å². The SMILES string of the molecule is CC1CN(O)C(=O)N1. The lowest BCUT2D eigenvalue weighted by Gasteiger charge is -1.99. The van der Waals surface area contributed by atoms with Crippen molar-refractivity contribution in [1.82, 2.24) is 10.4 Å². The molecule has 8 heavy (non-hydrogen) atoms. The Labute approximate surface area is 47.0 Å². The van der Waals surface area contributed by atoms with Gasteiger partial charge < -0.3 is 5.32 Å². The van der Waals surface area contributed by atoms with Crippen LogP contribution in [0.25, 0.3) is 0 Å². The molecule has 0 aromatic carbocycles. The van der Waals surface area contributed by atoms with Crippen LogP contribution < -0.4 is 5.32 Å². The summed E-state index contributed by atoms with van der Waals surface area (Å²) in [6, 6.07) is -0.329. The minimum atomic E-state index is -0.405. The Kier molecular flexibility index (Phi) is 1.09. The van der Waals surface area contributed by atoms with Crippen LogP contribution in [0.3, 0.4) is 0 Å². The van der Waals surface area contributed by atoms with Crippen molar-refractivity contribution in [2.75, 3.05) is 6.54 Å². The van der Waals surface area contributed by atoms with Crippen LogP contribution in [0.4, 0.5) is 4.79 Å². The molecule has 1 rings (SSSR count). The molecule has 1 atom stereocenters. The quantitative estimate of drug-likeness (QED) is 0.430. The van der Waals surface area contributed by atoms with Crippen molar-refractivity contribution in [2.45, 2.75) is 13.0 Å². The van der Waals surface area contributed by atoms with Gasteiger partial charge in [0.05, 0.1) is 6.54 Å². The Morgan fingerprint density at radius 2 is 2.62 bits per heavy atom. The van der Waals surface area contributed by atoms with Crippen LogP contribution in [0.5, 0.6) is 0 Å². The first kappa shape index (κ1) is 5.37. The molecule has 1 fully saturated rings. The van der Waals surface area contributed by atoms with Crippen LogP contribution in [0.2, 0.25) is 0 Å². The highest BCUT2D eigenvalue weighted by Crippen LogP contribution is 1.97. The molecule has 0 aliphatic carbocycles. The number of hydrogen-bond donors (Lipinski definition) is 2. The smallest absolute Gasteiger partial charge is 0.332 e. The van der Waals surface area contributed by atoms with Crippen LogP contribution in [0, 0.1) is 0 Å². The number of hydroxylamine groups is 2. The fourth-order valence-electron chi connectivity index (χ4n) is 0.673. The molecule has 4 nitrogen and oxygen atoms in total. The van der Waals surface area contributed by atoms with E-state index in [-0.39, 0.29) is 6.04 Å². The predicted molar refractivity (Wildman–Crippen MR) is 26.5 cm³/mol. The summed E-state index contributed by atoms with van der Waals surface area (Å²) >= 11 is 0. The van der Waals surface area contributed by atoms with Crippen molar-refractivity contribution in [3.8, 4) is 0 Å².